The average Bonchev–Trinajstić information content (AvgIpc) is 3.35. The zero-order chi connectivity index (χ0) is 19.8. The number of pyridine rings is 1. The Balaban J connectivity index is 1.77. The number of carbonyl (C=O) groups is 1. The zero-order valence-corrected chi connectivity index (χ0v) is 16.2. The number of nitrogens with zero attached hydrogens (tertiary/aromatic N) is 4. The number of rotatable bonds is 5. The number of H-pyrrole nitrogens is 2. The third-order valence-electron chi connectivity index (χ3n) is 4.83. The molecule has 3 aromatic heterocycles. The van der Waals surface area contributed by atoms with Crippen LogP contribution in [0.2, 0.25) is 0 Å². The van der Waals surface area contributed by atoms with Crippen molar-refractivity contribution in [2.24, 2.45) is 5.92 Å². The second kappa shape index (κ2) is 6.95. The van der Waals surface area contributed by atoms with Crippen LogP contribution in [0.1, 0.15) is 26.6 Å². The molecule has 0 atom stereocenters. The molecule has 144 valence electrons. The SMILES string of the molecule is CCN(Cc1nc2c(N)nc3cc(-c4cc[nH]n4)ccc3c2[nH]1)C(=O)C(C)C. The third-order valence-corrected chi connectivity index (χ3v) is 4.83. The van der Waals surface area contributed by atoms with Gasteiger partial charge in [-0.3, -0.25) is 9.89 Å². The second-order valence-corrected chi connectivity index (χ2v) is 7.10. The highest BCUT2D eigenvalue weighted by molar-refractivity contribution is 6.07. The van der Waals surface area contributed by atoms with Gasteiger partial charge in [0, 0.05) is 29.6 Å². The van der Waals surface area contributed by atoms with Gasteiger partial charge in [-0.15, -0.1) is 0 Å². The number of carbonyl (C=O) groups excluding carboxylic acids is 1. The first-order chi connectivity index (χ1) is 13.5. The van der Waals surface area contributed by atoms with Crippen LogP contribution in [0.15, 0.2) is 30.5 Å². The van der Waals surface area contributed by atoms with Crippen molar-refractivity contribution < 1.29 is 4.79 Å². The van der Waals surface area contributed by atoms with Crippen LogP contribution in [-0.4, -0.2) is 42.5 Å². The summed E-state index contributed by atoms with van der Waals surface area (Å²) in [5, 5.41) is 7.96. The predicted octanol–water partition coefficient (Wildman–Crippen LogP) is 3.09. The molecule has 4 rings (SSSR count). The van der Waals surface area contributed by atoms with E-state index in [4.69, 9.17) is 5.73 Å². The summed E-state index contributed by atoms with van der Waals surface area (Å²) in [4.78, 5) is 26.6. The number of fused-ring (bicyclic) bond motifs is 3. The molecular formula is C20H23N7O. The van der Waals surface area contributed by atoms with Crippen LogP contribution in [0.3, 0.4) is 0 Å². The summed E-state index contributed by atoms with van der Waals surface area (Å²) >= 11 is 0. The molecule has 0 aliphatic rings. The Kier molecular flexibility index (Phi) is 4.46. The van der Waals surface area contributed by atoms with Crippen LogP contribution < -0.4 is 5.73 Å². The molecule has 4 aromatic rings. The van der Waals surface area contributed by atoms with Crippen molar-refractivity contribution in [1.82, 2.24) is 30.0 Å². The molecule has 0 aliphatic heterocycles. The largest absolute Gasteiger partial charge is 0.382 e. The number of nitrogens with two attached hydrogens (primary N) is 1. The van der Waals surface area contributed by atoms with E-state index in [1.807, 2.05) is 45.0 Å². The number of aromatic amines is 2. The van der Waals surface area contributed by atoms with Gasteiger partial charge in [-0.05, 0) is 25.1 Å². The number of aromatic nitrogens is 5. The Bertz CT molecular complexity index is 1140. The minimum Gasteiger partial charge on any atom is -0.382 e. The number of hydrogen-bond acceptors (Lipinski definition) is 5. The molecular weight excluding hydrogens is 354 g/mol. The molecule has 1 aromatic carbocycles. The Morgan fingerprint density at radius 1 is 1.25 bits per heavy atom. The van der Waals surface area contributed by atoms with Gasteiger partial charge in [-0.1, -0.05) is 19.9 Å². The van der Waals surface area contributed by atoms with Crippen molar-refractivity contribution in [3.63, 3.8) is 0 Å². The van der Waals surface area contributed by atoms with Gasteiger partial charge < -0.3 is 15.6 Å². The number of nitrogens with one attached hydrogen (secondary N) is 2. The van der Waals surface area contributed by atoms with E-state index >= 15 is 0 Å². The van der Waals surface area contributed by atoms with Gasteiger partial charge in [0.05, 0.1) is 23.3 Å². The van der Waals surface area contributed by atoms with Crippen LogP contribution in [0, 0.1) is 5.92 Å². The van der Waals surface area contributed by atoms with Crippen LogP contribution in [0.5, 0.6) is 0 Å². The quantitative estimate of drug-likeness (QED) is 0.494. The molecule has 0 saturated carbocycles. The molecule has 8 heteroatoms. The van der Waals surface area contributed by atoms with Gasteiger partial charge in [-0.2, -0.15) is 5.10 Å². The molecule has 3 heterocycles. The maximum absolute atomic E-state index is 12.4. The number of imidazole rings is 1. The highest BCUT2D eigenvalue weighted by atomic mass is 16.2. The lowest BCUT2D eigenvalue weighted by Crippen LogP contribution is -2.33. The lowest BCUT2D eigenvalue weighted by Gasteiger charge is -2.21. The zero-order valence-electron chi connectivity index (χ0n) is 16.2. The van der Waals surface area contributed by atoms with Gasteiger partial charge in [-0.25, -0.2) is 9.97 Å². The molecule has 0 spiro atoms. The normalized spacial score (nSPS) is 11.6. The number of anilines is 1. The summed E-state index contributed by atoms with van der Waals surface area (Å²) in [6.45, 7) is 6.79. The monoisotopic (exact) mass is 377 g/mol. The first kappa shape index (κ1) is 18.0. The maximum atomic E-state index is 12.4. The van der Waals surface area contributed by atoms with E-state index in [1.165, 1.54) is 0 Å². The van der Waals surface area contributed by atoms with E-state index in [2.05, 4.69) is 25.1 Å². The van der Waals surface area contributed by atoms with E-state index in [0.29, 0.717) is 30.2 Å². The van der Waals surface area contributed by atoms with E-state index in [-0.39, 0.29) is 11.8 Å². The van der Waals surface area contributed by atoms with Crippen molar-refractivity contribution in [3.8, 4) is 11.3 Å². The van der Waals surface area contributed by atoms with Crippen LogP contribution in [0.4, 0.5) is 5.82 Å². The molecule has 0 radical (unpaired) electrons. The standard InChI is InChI=1S/C20H23N7O/c1-4-27(20(28)11(2)3)10-16-24-17-13-6-5-12(14-7-8-22-26-14)9-15(13)23-19(21)18(17)25-16/h5-9,11H,4,10H2,1-3H3,(H2,21,23)(H,22,26)(H,24,25). The second-order valence-electron chi connectivity index (χ2n) is 7.10. The first-order valence-corrected chi connectivity index (χ1v) is 9.34. The predicted molar refractivity (Wildman–Crippen MR) is 109 cm³/mol. The highest BCUT2D eigenvalue weighted by Gasteiger charge is 2.19. The summed E-state index contributed by atoms with van der Waals surface area (Å²) < 4.78 is 0. The van der Waals surface area contributed by atoms with Crippen molar-refractivity contribution in [1.29, 1.82) is 0 Å². The van der Waals surface area contributed by atoms with Gasteiger partial charge in [0.15, 0.2) is 5.82 Å². The van der Waals surface area contributed by atoms with Crippen LogP contribution in [-0.2, 0) is 11.3 Å². The minimum atomic E-state index is -0.0580. The van der Waals surface area contributed by atoms with Crippen molar-refractivity contribution in [3.05, 3.63) is 36.3 Å². The number of hydrogen-bond donors (Lipinski definition) is 3. The van der Waals surface area contributed by atoms with Gasteiger partial charge in [0.25, 0.3) is 0 Å². The fraction of sp³-hybridized carbons (Fsp3) is 0.300. The Morgan fingerprint density at radius 3 is 2.75 bits per heavy atom. The minimum absolute atomic E-state index is 0.0580. The number of nitrogen functional groups attached to an aromatic ring is 1. The smallest absolute Gasteiger partial charge is 0.225 e. The third kappa shape index (κ3) is 3.06. The highest BCUT2D eigenvalue weighted by Crippen LogP contribution is 2.29. The Hall–Kier alpha value is -3.42. The molecule has 28 heavy (non-hydrogen) atoms. The molecule has 0 aliphatic carbocycles. The van der Waals surface area contributed by atoms with E-state index in [1.54, 1.807) is 11.1 Å². The van der Waals surface area contributed by atoms with Crippen LogP contribution >= 0.6 is 0 Å². The van der Waals surface area contributed by atoms with Gasteiger partial charge in [0.1, 0.15) is 11.3 Å². The van der Waals surface area contributed by atoms with E-state index in [9.17, 15) is 4.79 Å². The fourth-order valence-electron chi connectivity index (χ4n) is 3.37. The number of amides is 1. The lowest BCUT2D eigenvalue weighted by atomic mass is 10.1. The van der Waals surface area contributed by atoms with Crippen molar-refractivity contribution in [2.75, 3.05) is 12.3 Å². The van der Waals surface area contributed by atoms with E-state index < -0.39 is 0 Å². The summed E-state index contributed by atoms with van der Waals surface area (Å²) in [5.74, 6) is 1.10. The first-order valence-electron chi connectivity index (χ1n) is 9.34. The maximum Gasteiger partial charge on any atom is 0.225 e. The fourth-order valence-corrected chi connectivity index (χ4v) is 3.37. The molecule has 0 bridgehead atoms. The van der Waals surface area contributed by atoms with E-state index in [0.717, 1.165) is 27.7 Å². The molecule has 0 saturated heterocycles. The summed E-state index contributed by atoms with van der Waals surface area (Å²) in [5.41, 5.74) is 10.2. The molecule has 0 fully saturated rings. The number of benzene rings is 1. The Morgan fingerprint density at radius 2 is 2.07 bits per heavy atom. The van der Waals surface area contributed by atoms with Crippen LogP contribution in [0.25, 0.3) is 33.2 Å². The summed E-state index contributed by atoms with van der Waals surface area (Å²) in [6, 6.07) is 7.86. The average molecular weight is 377 g/mol. The van der Waals surface area contributed by atoms with Gasteiger partial charge in [0.2, 0.25) is 5.91 Å². The summed E-state index contributed by atoms with van der Waals surface area (Å²) in [6.07, 6.45) is 1.78. The molecule has 8 nitrogen and oxygen atoms in total. The van der Waals surface area contributed by atoms with Crippen molar-refractivity contribution >= 4 is 33.7 Å². The lowest BCUT2D eigenvalue weighted by molar-refractivity contribution is -0.134. The topological polar surface area (TPSA) is 117 Å². The Labute approximate surface area is 162 Å². The van der Waals surface area contributed by atoms with Crippen molar-refractivity contribution in [2.45, 2.75) is 27.3 Å². The molecule has 1 amide bonds. The van der Waals surface area contributed by atoms with Gasteiger partial charge >= 0.3 is 0 Å². The molecule has 0 unspecified atom stereocenters. The summed E-state index contributed by atoms with van der Waals surface area (Å²) in [7, 11) is 0. The molecule has 4 N–H and O–H groups in total.